The van der Waals surface area contributed by atoms with Gasteiger partial charge in [-0.15, -0.1) is 0 Å². The highest BCUT2D eigenvalue weighted by Crippen LogP contribution is 2.01. The molecule has 1 aromatic rings. The molecule has 0 radical (unpaired) electrons. The highest BCUT2D eigenvalue weighted by molar-refractivity contribution is 5.73. The lowest BCUT2D eigenvalue weighted by atomic mass is 10.2. The summed E-state index contributed by atoms with van der Waals surface area (Å²) in [5.74, 6) is -0.287. The van der Waals surface area contributed by atoms with Crippen LogP contribution in [0.3, 0.4) is 0 Å². The summed E-state index contributed by atoms with van der Waals surface area (Å²) in [4.78, 5) is 11.3. The van der Waals surface area contributed by atoms with E-state index in [2.05, 4.69) is 10.6 Å². The third kappa shape index (κ3) is 5.67. The summed E-state index contributed by atoms with van der Waals surface area (Å²) in [6.07, 6.45) is 3.54. The van der Waals surface area contributed by atoms with Crippen LogP contribution in [0.15, 0.2) is 36.4 Å². The van der Waals surface area contributed by atoms with E-state index < -0.39 is 0 Å². The molecular weight excluding hydrogens is 221 g/mol. The first kappa shape index (κ1) is 13.2. The van der Waals surface area contributed by atoms with Gasteiger partial charge in [-0.1, -0.05) is 24.3 Å². The fourth-order valence-corrected chi connectivity index (χ4v) is 1.18. The number of halogens is 1. The Balaban J connectivity index is 2.23. The van der Waals surface area contributed by atoms with Crippen LogP contribution in [0.5, 0.6) is 0 Å². The van der Waals surface area contributed by atoms with Crippen molar-refractivity contribution in [3.8, 4) is 0 Å². The van der Waals surface area contributed by atoms with E-state index in [0.717, 1.165) is 5.56 Å². The van der Waals surface area contributed by atoms with Gasteiger partial charge in [-0.2, -0.15) is 0 Å². The van der Waals surface area contributed by atoms with Crippen LogP contribution in [-0.4, -0.2) is 19.1 Å². The van der Waals surface area contributed by atoms with E-state index in [1.807, 2.05) is 0 Å². The van der Waals surface area contributed by atoms with Crippen LogP contribution in [0.4, 0.5) is 9.18 Å². The number of hydrogen-bond donors (Lipinski definition) is 3. The molecule has 0 spiro atoms. The minimum Gasteiger partial charge on any atom is -0.335 e. The van der Waals surface area contributed by atoms with Crippen LogP contribution in [0.2, 0.25) is 0 Å². The summed E-state index contributed by atoms with van der Waals surface area (Å²) >= 11 is 0. The Morgan fingerprint density at radius 3 is 2.59 bits per heavy atom. The number of hydrogen-bond acceptors (Lipinski definition) is 2. The Kier molecular flexibility index (Phi) is 5.74. The van der Waals surface area contributed by atoms with Crippen molar-refractivity contribution < 1.29 is 9.18 Å². The quantitative estimate of drug-likeness (QED) is 0.672. The lowest BCUT2D eigenvalue weighted by Crippen LogP contribution is -2.35. The second-order valence-corrected chi connectivity index (χ2v) is 3.40. The van der Waals surface area contributed by atoms with Gasteiger partial charge in [-0.05, 0) is 17.7 Å². The van der Waals surface area contributed by atoms with Gasteiger partial charge < -0.3 is 16.4 Å². The van der Waals surface area contributed by atoms with Gasteiger partial charge in [-0.25, -0.2) is 9.18 Å². The molecular formula is C12H16FN3O. The van der Waals surface area contributed by atoms with Crippen LogP contribution >= 0.6 is 0 Å². The summed E-state index contributed by atoms with van der Waals surface area (Å²) in [5, 5.41) is 5.29. The number of nitrogens with two attached hydrogens (primary N) is 1. The van der Waals surface area contributed by atoms with Gasteiger partial charge in [0.15, 0.2) is 0 Å². The fourth-order valence-electron chi connectivity index (χ4n) is 1.18. The van der Waals surface area contributed by atoms with Gasteiger partial charge in [0.25, 0.3) is 0 Å². The van der Waals surface area contributed by atoms with Crippen molar-refractivity contribution in [2.45, 2.75) is 6.54 Å². The van der Waals surface area contributed by atoms with Gasteiger partial charge in [0.1, 0.15) is 5.82 Å². The molecule has 0 heterocycles. The van der Waals surface area contributed by atoms with Crippen molar-refractivity contribution in [3.05, 3.63) is 47.8 Å². The number of amides is 2. The summed E-state index contributed by atoms with van der Waals surface area (Å²) in [6.45, 7) is 1.26. The van der Waals surface area contributed by atoms with E-state index in [0.29, 0.717) is 19.6 Å². The molecule has 0 aliphatic heterocycles. The van der Waals surface area contributed by atoms with Crippen molar-refractivity contribution in [1.29, 1.82) is 0 Å². The first-order valence-electron chi connectivity index (χ1n) is 5.33. The number of carbonyl (C=O) groups is 1. The van der Waals surface area contributed by atoms with Crippen LogP contribution in [-0.2, 0) is 6.54 Å². The zero-order chi connectivity index (χ0) is 12.5. The van der Waals surface area contributed by atoms with E-state index in [1.54, 1.807) is 24.3 Å². The van der Waals surface area contributed by atoms with Crippen LogP contribution in [0.25, 0.3) is 0 Å². The standard InChI is InChI=1S/C12H16FN3O/c13-11-5-3-10(4-6-11)9-16-12(17)15-8-2-1-7-14/h1-6H,7-9,14H2,(H2,15,16,17)/b2-1+. The zero-order valence-electron chi connectivity index (χ0n) is 9.45. The lowest BCUT2D eigenvalue weighted by Gasteiger charge is -2.05. The Labute approximate surface area is 99.7 Å². The maximum absolute atomic E-state index is 12.6. The summed E-state index contributed by atoms with van der Waals surface area (Å²) in [5.41, 5.74) is 6.09. The smallest absolute Gasteiger partial charge is 0.315 e. The maximum atomic E-state index is 12.6. The van der Waals surface area contributed by atoms with Crippen LogP contribution in [0.1, 0.15) is 5.56 Å². The Morgan fingerprint density at radius 1 is 1.24 bits per heavy atom. The topological polar surface area (TPSA) is 67.1 Å². The molecule has 1 aromatic carbocycles. The van der Waals surface area contributed by atoms with E-state index in [9.17, 15) is 9.18 Å². The van der Waals surface area contributed by atoms with Gasteiger partial charge in [0.2, 0.25) is 0 Å². The molecule has 2 amide bonds. The van der Waals surface area contributed by atoms with Crippen LogP contribution < -0.4 is 16.4 Å². The van der Waals surface area contributed by atoms with Gasteiger partial charge in [-0.3, -0.25) is 0 Å². The normalized spacial score (nSPS) is 10.5. The highest BCUT2D eigenvalue weighted by atomic mass is 19.1. The van der Waals surface area contributed by atoms with Crippen molar-refractivity contribution >= 4 is 6.03 Å². The van der Waals surface area contributed by atoms with Crippen molar-refractivity contribution in [2.75, 3.05) is 13.1 Å². The molecule has 0 unspecified atom stereocenters. The number of nitrogens with one attached hydrogen (secondary N) is 2. The van der Waals surface area contributed by atoms with Crippen LogP contribution in [0, 0.1) is 5.82 Å². The molecule has 0 atom stereocenters. The monoisotopic (exact) mass is 237 g/mol. The lowest BCUT2D eigenvalue weighted by molar-refractivity contribution is 0.241. The van der Waals surface area contributed by atoms with Crippen molar-refractivity contribution in [2.24, 2.45) is 5.73 Å². The zero-order valence-corrected chi connectivity index (χ0v) is 9.45. The third-order valence-electron chi connectivity index (χ3n) is 2.05. The van der Waals surface area contributed by atoms with E-state index >= 15 is 0 Å². The fraction of sp³-hybridized carbons (Fsp3) is 0.250. The molecule has 5 heteroatoms. The second-order valence-electron chi connectivity index (χ2n) is 3.40. The van der Waals surface area contributed by atoms with E-state index in [-0.39, 0.29) is 11.8 Å². The van der Waals surface area contributed by atoms with Gasteiger partial charge >= 0.3 is 6.03 Å². The number of carbonyl (C=O) groups excluding carboxylic acids is 1. The molecule has 4 N–H and O–H groups in total. The Morgan fingerprint density at radius 2 is 1.94 bits per heavy atom. The first-order chi connectivity index (χ1) is 8.22. The van der Waals surface area contributed by atoms with Crippen molar-refractivity contribution in [1.82, 2.24) is 10.6 Å². The average molecular weight is 237 g/mol. The minimum atomic E-state index is -0.287. The molecule has 17 heavy (non-hydrogen) atoms. The van der Waals surface area contributed by atoms with Gasteiger partial charge in [0.05, 0.1) is 0 Å². The largest absolute Gasteiger partial charge is 0.335 e. The number of urea groups is 1. The van der Waals surface area contributed by atoms with Gasteiger partial charge in [0, 0.05) is 19.6 Å². The third-order valence-corrected chi connectivity index (χ3v) is 2.05. The molecule has 0 aromatic heterocycles. The molecule has 92 valence electrons. The SMILES string of the molecule is NC/C=C/CNC(=O)NCc1ccc(F)cc1. The summed E-state index contributed by atoms with van der Waals surface area (Å²) < 4.78 is 12.6. The van der Waals surface area contributed by atoms with Crippen molar-refractivity contribution in [3.63, 3.8) is 0 Å². The number of benzene rings is 1. The minimum absolute atomic E-state index is 0.268. The molecule has 0 bridgehead atoms. The average Bonchev–Trinajstić information content (AvgIpc) is 2.34. The van der Waals surface area contributed by atoms with E-state index in [4.69, 9.17) is 5.73 Å². The Hall–Kier alpha value is -1.88. The molecule has 0 aliphatic carbocycles. The molecule has 0 saturated carbocycles. The predicted octanol–water partition coefficient (Wildman–Crippen LogP) is 1.14. The summed E-state index contributed by atoms with van der Waals surface area (Å²) in [6, 6.07) is 5.71. The Bertz CT molecular complexity index is 376. The summed E-state index contributed by atoms with van der Waals surface area (Å²) in [7, 11) is 0. The highest BCUT2D eigenvalue weighted by Gasteiger charge is 1.98. The predicted molar refractivity (Wildman–Crippen MR) is 64.8 cm³/mol. The molecule has 0 aliphatic rings. The maximum Gasteiger partial charge on any atom is 0.315 e. The molecule has 1 rings (SSSR count). The van der Waals surface area contributed by atoms with E-state index in [1.165, 1.54) is 12.1 Å². The first-order valence-corrected chi connectivity index (χ1v) is 5.33. The molecule has 4 nitrogen and oxygen atoms in total. The molecule has 0 saturated heterocycles. The number of rotatable bonds is 5. The molecule has 0 fully saturated rings. The second kappa shape index (κ2) is 7.40.